The van der Waals surface area contributed by atoms with E-state index >= 15 is 0 Å². The molecule has 1 aliphatic heterocycles. The Morgan fingerprint density at radius 2 is 2.05 bits per heavy atom. The van der Waals surface area contributed by atoms with E-state index in [1.54, 1.807) is 12.1 Å². The highest BCUT2D eigenvalue weighted by atomic mass is 79.9. The van der Waals surface area contributed by atoms with Crippen molar-refractivity contribution in [2.24, 2.45) is 5.92 Å². The molecule has 1 saturated heterocycles. The van der Waals surface area contributed by atoms with Crippen molar-refractivity contribution in [3.8, 4) is 0 Å². The van der Waals surface area contributed by atoms with E-state index in [0.29, 0.717) is 5.56 Å². The van der Waals surface area contributed by atoms with Gasteiger partial charge in [0.25, 0.3) is 0 Å². The van der Waals surface area contributed by atoms with Gasteiger partial charge in [-0.15, -0.1) is 0 Å². The third kappa shape index (κ3) is 4.80. The SMILES string of the molecule is CN(C)CC1CCN(Cc2ccc(C(=O)O)cc2Br)CC1. The topological polar surface area (TPSA) is 43.8 Å². The Labute approximate surface area is 134 Å². The van der Waals surface area contributed by atoms with Crippen molar-refractivity contribution in [1.82, 2.24) is 9.80 Å². The largest absolute Gasteiger partial charge is 0.478 e. The average molecular weight is 355 g/mol. The van der Waals surface area contributed by atoms with Gasteiger partial charge in [0.05, 0.1) is 5.56 Å². The van der Waals surface area contributed by atoms with E-state index < -0.39 is 5.97 Å². The Kier molecular flexibility index (Phi) is 5.79. The standard InChI is InChI=1S/C16H23BrN2O2/c1-18(2)10-12-5-7-19(8-6-12)11-14-4-3-13(16(20)21)9-15(14)17/h3-4,9,12H,5-8,10-11H2,1-2H3,(H,20,21). The molecule has 1 aromatic rings. The lowest BCUT2D eigenvalue weighted by atomic mass is 9.96. The van der Waals surface area contributed by atoms with Gasteiger partial charge in [0.1, 0.15) is 0 Å². The van der Waals surface area contributed by atoms with Gasteiger partial charge in [-0.05, 0) is 63.6 Å². The molecule has 0 aromatic heterocycles. The summed E-state index contributed by atoms with van der Waals surface area (Å²) in [5.41, 5.74) is 1.49. The molecule has 0 atom stereocenters. The Hall–Kier alpha value is -0.910. The second kappa shape index (κ2) is 7.38. The summed E-state index contributed by atoms with van der Waals surface area (Å²) >= 11 is 3.49. The number of benzene rings is 1. The summed E-state index contributed by atoms with van der Waals surface area (Å²) in [6, 6.07) is 5.29. The molecule has 1 N–H and O–H groups in total. The molecule has 0 spiro atoms. The van der Waals surface area contributed by atoms with Gasteiger partial charge in [-0.2, -0.15) is 0 Å². The highest BCUT2D eigenvalue weighted by Crippen LogP contribution is 2.24. The molecule has 0 radical (unpaired) electrons. The smallest absolute Gasteiger partial charge is 0.335 e. The van der Waals surface area contributed by atoms with Gasteiger partial charge in [-0.25, -0.2) is 4.79 Å². The molecule has 0 saturated carbocycles. The minimum absolute atomic E-state index is 0.329. The summed E-state index contributed by atoms with van der Waals surface area (Å²) in [6.45, 7) is 4.29. The van der Waals surface area contributed by atoms with E-state index in [1.165, 1.54) is 19.4 Å². The molecule has 4 nitrogen and oxygen atoms in total. The van der Waals surface area contributed by atoms with Crippen molar-refractivity contribution < 1.29 is 9.90 Å². The first kappa shape index (κ1) is 16.5. The summed E-state index contributed by atoms with van der Waals surface area (Å²) in [4.78, 5) is 15.7. The molecule has 0 unspecified atom stereocenters. The van der Waals surface area contributed by atoms with E-state index in [4.69, 9.17) is 5.11 Å². The molecule has 2 rings (SSSR count). The highest BCUT2D eigenvalue weighted by Gasteiger charge is 2.20. The Balaban J connectivity index is 1.90. The zero-order chi connectivity index (χ0) is 15.4. The van der Waals surface area contributed by atoms with Gasteiger partial charge in [0.15, 0.2) is 0 Å². The first-order valence-corrected chi connectivity index (χ1v) is 8.14. The average Bonchev–Trinajstić information content (AvgIpc) is 2.42. The van der Waals surface area contributed by atoms with Crippen LogP contribution in [0.1, 0.15) is 28.8 Å². The second-order valence-electron chi connectivity index (χ2n) is 6.09. The van der Waals surface area contributed by atoms with E-state index in [2.05, 4.69) is 39.8 Å². The number of halogens is 1. The van der Waals surface area contributed by atoms with E-state index in [1.807, 2.05) is 6.07 Å². The minimum atomic E-state index is -0.883. The Morgan fingerprint density at radius 3 is 2.57 bits per heavy atom. The molecule has 5 heteroatoms. The number of hydrogen-bond donors (Lipinski definition) is 1. The number of nitrogens with zero attached hydrogens (tertiary/aromatic N) is 2. The lowest BCUT2D eigenvalue weighted by molar-refractivity contribution is 0.0696. The number of rotatable bonds is 5. The third-order valence-corrected chi connectivity index (χ3v) is 4.76. The first-order valence-electron chi connectivity index (χ1n) is 7.34. The number of hydrogen-bond acceptors (Lipinski definition) is 3. The van der Waals surface area contributed by atoms with Gasteiger partial charge in [-0.1, -0.05) is 22.0 Å². The molecule has 0 aliphatic carbocycles. The highest BCUT2D eigenvalue weighted by molar-refractivity contribution is 9.10. The maximum Gasteiger partial charge on any atom is 0.335 e. The Bertz CT molecular complexity index is 497. The molecule has 21 heavy (non-hydrogen) atoms. The molecule has 1 aliphatic rings. The van der Waals surface area contributed by atoms with Crippen LogP contribution in [0.5, 0.6) is 0 Å². The van der Waals surface area contributed by atoms with Crippen molar-refractivity contribution in [3.05, 3.63) is 33.8 Å². The number of piperidine rings is 1. The zero-order valence-electron chi connectivity index (χ0n) is 12.7. The maximum atomic E-state index is 10.9. The molecule has 0 bridgehead atoms. The summed E-state index contributed by atoms with van der Waals surface area (Å²) in [5, 5.41) is 8.99. The van der Waals surface area contributed by atoms with E-state index in [0.717, 1.165) is 35.6 Å². The van der Waals surface area contributed by atoms with Crippen LogP contribution in [0, 0.1) is 5.92 Å². The van der Waals surface area contributed by atoms with Crippen LogP contribution in [0.15, 0.2) is 22.7 Å². The predicted octanol–water partition coefficient (Wildman–Crippen LogP) is 2.92. The number of carboxylic acids is 1. The van der Waals surface area contributed by atoms with Crippen LogP contribution >= 0.6 is 15.9 Å². The first-order chi connectivity index (χ1) is 9.95. The van der Waals surface area contributed by atoms with Gasteiger partial charge in [-0.3, -0.25) is 4.90 Å². The molecule has 1 heterocycles. The van der Waals surface area contributed by atoms with Crippen molar-refractivity contribution in [2.75, 3.05) is 33.7 Å². The molecule has 1 aromatic carbocycles. The lowest BCUT2D eigenvalue weighted by Crippen LogP contribution is -2.36. The van der Waals surface area contributed by atoms with Crippen molar-refractivity contribution in [2.45, 2.75) is 19.4 Å². The van der Waals surface area contributed by atoms with Crippen LogP contribution in [0.2, 0.25) is 0 Å². The number of carbonyl (C=O) groups is 1. The molecular weight excluding hydrogens is 332 g/mol. The fourth-order valence-electron chi connectivity index (χ4n) is 2.89. The summed E-state index contributed by atoms with van der Waals surface area (Å²) in [5.74, 6) is -0.0826. The van der Waals surface area contributed by atoms with Crippen molar-refractivity contribution in [1.29, 1.82) is 0 Å². The summed E-state index contributed by atoms with van der Waals surface area (Å²) in [7, 11) is 4.26. The van der Waals surface area contributed by atoms with E-state index in [-0.39, 0.29) is 0 Å². The molecule has 0 amide bonds. The summed E-state index contributed by atoms with van der Waals surface area (Å²) < 4.78 is 0.887. The molecule has 1 fully saturated rings. The van der Waals surface area contributed by atoms with Gasteiger partial charge < -0.3 is 10.0 Å². The summed E-state index contributed by atoms with van der Waals surface area (Å²) in [6.07, 6.45) is 2.48. The van der Waals surface area contributed by atoms with Gasteiger partial charge in [0, 0.05) is 17.6 Å². The second-order valence-corrected chi connectivity index (χ2v) is 6.95. The van der Waals surface area contributed by atoms with E-state index in [9.17, 15) is 4.79 Å². The third-order valence-electron chi connectivity index (χ3n) is 4.02. The fourth-order valence-corrected chi connectivity index (χ4v) is 3.40. The monoisotopic (exact) mass is 354 g/mol. The number of likely N-dealkylation sites (tertiary alicyclic amines) is 1. The van der Waals surface area contributed by atoms with Crippen LogP contribution in [-0.4, -0.2) is 54.6 Å². The quantitative estimate of drug-likeness (QED) is 0.882. The van der Waals surface area contributed by atoms with Crippen LogP contribution < -0.4 is 0 Å². The number of carboxylic acid groups (broad SMARTS) is 1. The van der Waals surface area contributed by atoms with Crippen LogP contribution in [0.25, 0.3) is 0 Å². The fraction of sp³-hybridized carbons (Fsp3) is 0.562. The van der Waals surface area contributed by atoms with Crippen LogP contribution in [-0.2, 0) is 6.54 Å². The lowest BCUT2D eigenvalue weighted by Gasteiger charge is -2.33. The van der Waals surface area contributed by atoms with Crippen LogP contribution in [0.4, 0.5) is 0 Å². The minimum Gasteiger partial charge on any atom is -0.478 e. The Morgan fingerprint density at radius 1 is 1.38 bits per heavy atom. The predicted molar refractivity (Wildman–Crippen MR) is 87.7 cm³/mol. The number of aromatic carboxylic acids is 1. The van der Waals surface area contributed by atoms with Gasteiger partial charge in [0.2, 0.25) is 0 Å². The zero-order valence-corrected chi connectivity index (χ0v) is 14.3. The molecular formula is C16H23BrN2O2. The van der Waals surface area contributed by atoms with Crippen molar-refractivity contribution >= 4 is 21.9 Å². The molecule has 116 valence electrons. The van der Waals surface area contributed by atoms with Gasteiger partial charge >= 0.3 is 5.97 Å². The normalized spacial score (nSPS) is 17.3. The van der Waals surface area contributed by atoms with Crippen molar-refractivity contribution in [3.63, 3.8) is 0 Å². The van der Waals surface area contributed by atoms with Crippen LogP contribution in [0.3, 0.4) is 0 Å². The maximum absolute atomic E-state index is 10.9.